The quantitative estimate of drug-likeness (QED) is 0.534. The monoisotopic (exact) mass is 146 g/mol. The summed E-state index contributed by atoms with van der Waals surface area (Å²) < 4.78 is 0. The van der Waals surface area contributed by atoms with E-state index in [-0.39, 0.29) is 0 Å². The van der Waals surface area contributed by atoms with Gasteiger partial charge in [0, 0.05) is 6.42 Å². The Kier molecular flexibility index (Phi) is 7.81. The highest BCUT2D eigenvalue weighted by molar-refractivity contribution is 4.99. The Bertz CT molecular complexity index is 154. The van der Waals surface area contributed by atoms with Gasteiger partial charge in [0.1, 0.15) is 0 Å². The number of hydrogen-bond acceptors (Lipinski definition) is 0. The molecule has 0 N–H and O–H groups in total. The lowest BCUT2D eigenvalue weighted by Gasteiger charge is -1.69. The fourth-order valence-electron chi connectivity index (χ4n) is 0.529. The number of terminal acetylenes is 1. The van der Waals surface area contributed by atoms with Gasteiger partial charge in [-0.2, -0.15) is 0 Å². The molecule has 0 aliphatic carbocycles. The molecular weight excluding hydrogens is 132 g/mol. The third-order valence-corrected chi connectivity index (χ3v) is 1.06. The minimum Gasteiger partial charge on any atom is -0.120 e. The van der Waals surface area contributed by atoms with Gasteiger partial charge in [-0.25, -0.2) is 0 Å². The molecule has 1 rings (SSSR count). The second-order valence-electron chi connectivity index (χ2n) is 2.11. The van der Waals surface area contributed by atoms with Gasteiger partial charge in [0.25, 0.3) is 0 Å². The molecule has 0 fully saturated rings. The highest BCUT2D eigenvalue weighted by atomic mass is 13.7. The zero-order valence-electron chi connectivity index (χ0n) is 6.96. The Morgan fingerprint density at radius 2 is 1.36 bits per heavy atom. The first-order valence-corrected chi connectivity index (χ1v) is 3.85. The Hall–Kier alpha value is -1.22. The lowest BCUT2D eigenvalue weighted by atomic mass is 10.4. The van der Waals surface area contributed by atoms with Crippen molar-refractivity contribution < 1.29 is 0 Å². The maximum atomic E-state index is 4.89. The summed E-state index contributed by atoms with van der Waals surface area (Å²) in [6.07, 6.45) is 6.91. The van der Waals surface area contributed by atoms with E-state index in [1.54, 1.807) is 0 Å². The van der Waals surface area contributed by atoms with Gasteiger partial charge in [-0.15, -0.1) is 12.3 Å². The molecule has 0 spiro atoms. The van der Waals surface area contributed by atoms with E-state index in [1.165, 1.54) is 0 Å². The molecule has 0 nitrogen and oxygen atoms in total. The van der Waals surface area contributed by atoms with E-state index in [1.807, 2.05) is 36.4 Å². The van der Waals surface area contributed by atoms with E-state index < -0.39 is 0 Å². The number of hydrogen-bond donors (Lipinski definition) is 0. The van der Waals surface area contributed by atoms with Crippen LogP contribution in [0.15, 0.2) is 36.4 Å². The molecular formula is C11H14. The van der Waals surface area contributed by atoms with Crippen LogP contribution in [0.2, 0.25) is 0 Å². The first kappa shape index (κ1) is 9.78. The molecule has 0 heterocycles. The summed E-state index contributed by atoms with van der Waals surface area (Å²) in [6, 6.07) is 12.0. The van der Waals surface area contributed by atoms with Crippen molar-refractivity contribution in [3.63, 3.8) is 0 Å². The Labute approximate surface area is 69.3 Å². The molecule has 0 amide bonds. The van der Waals surface area contributed by atoms with Crippen LogP contribution in [-0.4, -0.2) is 0 Å². The maximum Gasteiger partial charge on any atom is 0.00834 e. The zero-order valence-corrected chi connectivity index (χ0v) is 6.96. The van der Waals surface area contributed by atoms with Crippen molar-refractivity contribution in [2.45, 2.75) is 19.8 Å². The molecule has 0 aliphatic rings. The molecule has 0 saturated carbocycles. The first-order chi connectivity index (χ1) is 5.41. The van der Waals surface area contributed by atoms with Crippen LogP contribution in [0.5, 0.6) is 0 Å². The predicted octanol–water partition coefficient (Wildman–Crippen LogP) is 3.11. The van der Waals surface area contributed by atoms with Crippen LogP contribution in [0.4, 0.5) is 0 Å². The van der Waals surface area contributed by atoms with Gasteiger partial charge in [0.05, 0.1) is 0 Å². The van der Waals surface area contributed by atoms with Gasteiger partial charge in [0.2, 0.25) is 0 Å². The highest BCUT2D eigenvalue weighted by Gasteiger charge is 1.61. The topological polar surface area (TPSA) is 0 Å². The summed E-state index contributed by atoms with van der Waals surface area (Å²) in [4.78, 5) is 0. The molecule has 58 valence electrons. The average Bonchev–Trinajstić information content (AvgIpc) is 2.10. The first-order valence-electron chi connectivity index (χ1n) is 3.85. The van der Waals surface area contributed by atoms with Crippen LogP contribution in [0, 0.1) is 12.3 Å². The minimum atomic E-state index is 0.917. The van der Waals surface area contributed by atoms with Crippen LogP contribution in [0.1, 0.15) is 19.8 Å². The summed E-state index contributed by atoms with van der Waals surface area (Å²) in [5.74, 6) is 2.52. The van der Waals surface area contributed by atoms with Gasteiger partial charge in [0.15, 0.2) is 0 Å². The van der Waals surface area contributed by atoms with Gasteiger partial charge in [-0.3, -0.25) is 0 Å². The van der Waals surface area contributed by atoms with Crippen molar-refractivity contribution >= 4 is 0 Å². The Morgan fingerprint density at radius 1 is 1.00 bits per heavy atom. The number of benzene rings is 1. The Morgan fingerprint density at radius 3 is 1.45 bits per heavy atom. The number of rotatable bonds is 1. The highest BCUT2D eigenvalue weighted by Crippen LogP contribution is 1.80. The predicted molar refractivity (Wildman–Crippen MR) is 50.2 cm³/mol. The molecule has 0 heteroatoms. The van der Waals surface area contributed by atoms with Crippen molar-refractivity contribution in [1.82, 2.24) is 0 Å². The lowest BCUT2D eigenvalue weighted by molar-refractivity contribution is 0.984. The number of unbranched alkanes of at least 4 members (excludes halogenated alkanes) is 1. The van der Waals surface area contributed by atoms with Gasteiger partial charge < -0.3 is 0 Å². The third kappa shape index (κ3) is 8.78. The van der Waals surface area contributed by atoms with Crippen molar-refractivity contribution in [2.24, 2.45) is 0 Å². The molecule has 1 aromatic rings. The summed E-state index contributed by atoms with van der Waals surface area (Å²) in [5, 5.41) is 0. The largest absolute Gasteiger partial charge is 0.120 e. The van der Waals surface area contributed by atoms with Crippen molar-refractivity contribution in [3.05, 3.63) is 36.4 Å². The summed E-state index contributed by atoms with van der Waals surface area (Å²) in [6.45, 7) is 2.07. The molecule has 0 saturated heterocycles. The fourth-order valence-corrected chi connectivity index (χ4v) is 0.529. The van der Waals surface area contributed by atoms with Crippen molar-refractivity contribution in [2.75, 3.05) is 0 Å². The summed E-state index contributed by atoms with van der Waals surface area (Å²) in [5.41, 5.74) is 0. The fraction of sp³-hybridized carbons (Fsp3) is 0.273. The van der Waals surface area contributed by atoms with Crippen molar-refractivity contribution in [1.29, 1.82) is 0 Å². The molecule has 0 aliphatic heterocycles. The van der Waals surface area contributed by atoms with E-state index in [4.69, 9.17) is 6.42 Å². The molecule has 0 atom stereocenters. The van der Waals surface area contributed by atoms with E-state index >= 15 is 0 Å². The Balaban J connectivity index is 0.000000187. The molecule has 0 bridgehead atoms. The smallest absolute Gasteiger partial charge is 0.00834 e. The second kappa shape index (κ2) is 8.78. The minimum absolute atomic E-state index is 0.917. The van der Waals surface area contributed by atoms with E-state index in [9.17, 15) is 0 Å². The second-order valence-corrected chi connectivity index (χ2v) is 2.11. The van der Waals surface area contributed by atoms with Crippen LogP contribution >= 0.6 is 0 Å². The standard InChI is InChI=1S/C6H6.C5H8/c1-2-4-6-5-3-1;1-3-5-4-2/h1-6H;1H,4-5H2,2H3. The SMILES string of the molecule is C#CCCC.c1ccccc1. The molecule has 1 aromatic carbocycles. The molecule has 0 unspecified atom stereocenters. The summed E-state index contributed by atoms with van der Waals surface area (Å²) in [7, 11) is 0. The van der Waals surface area contributed by atoms with Crippen LogP contribution in [-0.2, 0) is 0 Å². The lowest BCUT2D eigenvalue weighted by Crippen LogP contribution is -1.53. The molecule has 0 radical (unpaired) electrons. The maximum absolute atomic E-state index is 4.89. The molecule has 0 aromatic heterocycles. The van der Waals surface area contributed by atoms with Gasteiger partial charge in [-0.05, 0) is 6.42 Å². The average molecular weight is 146 g/mol. The zero-order chi connectivity index (χ0) is 8.36. The molecule has 11 heavy (non-hydrogen) atoms. The van der Waals surface area contributed by atoms with Gasteiger partial charge in [-0.1, -0.05) is 43.3 Å². The van der Waals surface area contributed by atoms with Gasteiger partial charge >= 0.3 is 0 Å². The van der Waals surface area contributed by atoms with Crippen LogP contribution in [0.25, 0.3) is 0 Å². The third-order valence-electron chi connectivity index (χ3n) is 1.06. The van der Waals surface area contributed by atoms with E-state index in [0.29, 0.717) is 0 Å². The van der Waals surface area contributed by atoms with Crippen LogP contribution in [0.3, 0.4) is 0 Å². The van der Waals surface area contributed by atoms with Crippen molar-refractivity contribution in [3.8, 4) is 12.3 Å². The van der Waals surface area contributed by atoms with E-state index in [2.05, 4.69) is 12.8 Å². The van der Waals surface area contributed by atoms with Crippen LogP contribution < -0.4 is 0 Å². The summed E-state index contributed by atoms with van der Waals surface area (Å²) >= 11 is 0. The normalized spacial score (nSPS) is 7.27. The van der Waals surface area contributed by atoms with E-state index in [0.717, 1.165) is 12.8 Å².